The van der Waals surface area contributed by atoms with Crippen LogP contribution in [0.25, 0.3) is 0 Å². The second-order valence-electron chi connectivity index (χ2n) is 4.13. The lowest BCUT2D eigenvalue weighted by Crippen LogP contribution is -2.22. The molecule has 1 saturated carbocycles. The van der Waals surface area contributed by atoms with Crippen molar-refractivity contribution in [3.63, 3.8) is 0 Å². The zero-order valence-electron chi connectivity index (χ0n) is 9.83. The molecule has 0 bridgehead atoms. The van der Waals surface area contributed by atoms with Gasteiger partial charge in [0.25, 0.3) is 0 Å². The van der Waals surface area contributed by atoms with Gasteiger partial charge in [-0.25, -0.2) is 4.79 Å². The topological polar surface area (TPSA) is 79.1 Å². The Morgan fingerprint density at radius 2 is 2.18 bits per heavy atom. The predicted octanol–water partition coefficient (Wildman–Crippen LogP) is 1.42. The van der Waals surface area contributed by atoms with E-state index in [0.717, 1.165) is 25.7 Å². The molecule has 7 heteroatoms. The number of rotatable bonds is 3. The summed E-state index contributed by atoms with van der Waals surface area (Å²) in [5.41, 5.74) is 0. The third-order valence-corrected chi connectivity index (χ3v) is 2.83. The van der Waals surface area contributed by atoms with Crippen molar-refractivity contribution in [3.8, 4) is 0 Å². The van der Waals surface area contributed by atoms with Gasteiger partial charge in [-0.15, -0.1) is 5.10 Å². The summed E-state index contributed by atoms with van der Waals surface area (Å²) in [6.45, 7) is 1.72. The minimum absolute atomic E-state index is 0.00576. The lowest BCUT2D eigenvalue weighted by Gasteiger charge is -2.21. The van der Waals surface area contributed by atoms with E-state index >= 15 is 0 Å². The zero-order chi connectivity index (χ0) is 12.1. The molecule has 0 aliphatic heterocycles. The predicted molar refractivity (Wildman–Crippen MR) is 57.0 cm³/mol. The summed E-state index contributed by atoms with van der Waals surface area (Å²) in [5, 5.41) is 10.8. The Bertz CT molecular complexity index is 373. The van der Waals surface area contributed by atoms with Gasteiger partial charge in [0.05, 0.1) is 0 Å². The molecule has 7 nitrogen and oxygen atoms in total. The van der Waals surface area contributed by atoms with Crippen molar-refractivity contribution >= 4 is 6.16 Å². The fourth-order valence-corrected chi connectivity index (χ4v) is 1.84. The van der Waals surface area contributed by atoms with E-state index in [1.165, 1.54) is 11.1 Å². The standard InChI is InChI=1S/C10H16N4O3/c1-8-11-12-13-14(8)7-16-10(15)17-9-5-3-2-4-6-9/h9H,2-7H2,1H3. The van der Waals surface area contributed by atoms with Crippen LogP contribution in [0.5, 0.6) is 0 Å². The second-order valence-corrected chi connectivity index (χ2v) is 4.13. The molecular weight excluding hydrogens is 224 g/mol. The molecule has 0 unspecified atom stereocenters. The first-order valence-electron chi connectivity index (χ1n) is 5.82. The van der Waals surface area contributed by atoms with Crippen molar-refractivity contribution < 1.29 is 14.3 Å². The maximum absolute atomic E-state index is 11.4. The van der Waals surface area contributed by atoms with E-state index in [9.17, 15) is 4.79 Å². The fourth-order valence-electron chi connectivity index (χ4n) is 1.84. The van der Waals surface area contributed by atoms with Gasteiger partial charge < -0.3 is 9.47 Å². The van der Waals surface area contributed by atoms with E-state index in [4.69, 9.17) is 9.47 Å². The van der Waals surface area contributed by atoms with Crippen LogP contribution in [0.3, 0.4) is 0 Å². The maximum atomic E-state index is 11.4. The lowest BCUT2D eigenvalue weighted by molar-refractivity contribution is -0.00647. The summed E-state index contributed by atoms with van der Waals surface area (Å²) in [6.07, 6.45) is 4.67. The second kappa shape index (κ2) is 5.60. The SMILES string of the molecule is Cc1nnnn1COC(=O)OC1CCCCC1. The van der Waals surface area contributed by atoms with Crippen molar-refractivity contribution in [2.24, 2.45) is 0 Å². The van der Waals surface area contributed by atoms with Gasteiger partial charge in [-0.05, 0) is 43.0 Å². The highest BCUT2D eigenvalue weighted by Gasteiger charge is 2.18. The Balaban J connectivity index is 1.72. The Morgan fingerprint density at radius 3 is 2.82 bits per heavy atom. The van der Waals surface area contributed by atoms with Crippen LogP contribution < -0.4 is 0 Å². The van der Waals surface area contributed by atoms with E-state index in [2.05, 4.69) is 15.5 Å². The number of carbonyl (C=O) groups is 1. The molecule has 1 fully saturated rings. The third-order valence-electron chi connectivity index (χ3n) is 2.83. The highest BCUT2D eigenvalue weighted by Crippen LogP contribution is 2.20. The van der Waals surface area contributed by atoms with Gasteiger partial charge in [0.2, 0.25) is 0 Å². The van der Waals surface area contributed by atoms with E-state index in [-0.39, 0.29) is 12.8 Å². The van der Waals surface area contributed by atoms with E-state index in [1.54, 1.807) is 6.92 Å². The van der Waals surface area contributed by atoms with Gasteiger partial charge in [-0.1, -0.05) is 6.42 Å². The number of carbonyl (C=O) groups excluding carboxylic acids is 1. The normalized spacial score (nSPS) is 16.8. The molecule has 94 valence electrons. The van der Waals surface area contributed by atoms with Gasteiger partial charge in [-0.3, -0.25) is 0 Å². The summed E-state index contributed by atoms with van der Waals surface area (Å²) < 4.78 is 11.5. The first kappa shape index (κ1) is 11.8. The van der Waals surface area contributed by atoms with Gasteiger partial charge in [0, 0.05) is 0 Å². The Kier molecular flexibility index (Phi) is 3.89. The summed E-state index contributed by atoms with van der Waals surface area (Å²) in [6, 6.07) is 0. The molecule has 0 atom stereocenters. The number of aromatic nitrogens is 4. The van der Waals surface area contributed by atoms with Gasteiger partial charge in [0.1, 0.15) is 6.10 Å². The van der Waals surface area contributed by atoms with Crippen molar-refractivity contribution in [1.29, 1.82) is 0 Å². The van der Waals surface area contributed by atoms with Crippen molar-refractivity contribution in [3.05, 3.63) is 5.82 Å². The van der Waals surface area contributed by atoms with Crippen LogP contribution in [-0.4, -0.2) is 32.5 Å². The van der Waals surface area contributed by atoms with Gasteiger partial charge in [-0.2, -0.15) is 4.68 Å². The van der Waals surface area contributed by atoms with Crippen molar-refractivity contribution in [1.82, 2.24) is 20.2 Å². The Morgan fingerprint density at radius 1 is 1.41 bits per heavy atom. The molecule has 1 aliphatic carbocycles. The average molecular weight is 240 g/mol. The molecule has 2 rings (SSSR count). The summed E-state index contributed by atoms with van der Waals surface area (Å²) >= 11 is 0. The highest BCUT2D eigenvalue weighted by atomic mass is 16.7. The molecule has 1 aliphatic rings. The van der Waals surface area contributed by atoms with Crippen LogP contribution >= 0.6 is 0 Å². The fraction of sp³-hybridized carbons (Fsp3) is 0.800. The highest BCUT2D eigenvalue weighted by molar-refractivity contribution is 5.59. The van der Waals surface area contributed by atoms with E-state index in [0.29, 0.717) is 5.82 Å². The van der Waals surface area contributed by atoms with Gasteiger partial charge >= 0.3 is 6.16 Å². The number of nitrogens with zero attached hydrogens (tertiary/aromatic N) is 4. The van der Waals surface area contributed by atoms with Crippen LogP contribution in [0.2, 0.25) is 0 Å². The number of aryl methyl sites for hydroxylation is 1. The Hall–Kier alpha value is -1.66. The van der Waals surface area contributed by atoms with Crippen molar-refractivity contribution in [2.75, 3.05) is 0 Å². The summed E-state index contributed by atoms with van der Waals surface area (Å²) in [4.78, 5) is 11.4. The molecule has 1 heterocycles. The molecular formula is C10H16N4O3. The molecule has 0 N–H and O–H groups in total. The average Bonchev–Trinajstić information content (AvgIpc) is 2.74. The van der Waals surface area contributed by atoms with Crippen LogP contribution in [0, 0.1) is 6.92 Å². The number of ether oxygens (including phenoxy) is 2. The number of hydrogen-bond acceptors (Lipinski definition) is 6. The van der Waals surface area contributed by atoms with Crippen LogP contribution in [0.4, 0.5) is 4.79 Å². The molecule has 1 aromatic heterocycles. The van der Waals surface area contributed by atoms with Crippen LogP contribution in [0.1, 0.15) is 37.9 Å². The van der Waals surface area contributed by atoms with Gasteiger partial charge in [0.15, 0.2) is 12.6 Å². The van der Waals surface area contributed by atoms with E-state index in [1.807, 2.05) is 0 Å². The minimum atomic E-state index is -0.646. The quantitative estimate of drug-likeness (QED) is 0.743. The summed E-state index contributed by atoms with van der Waals surface area (Å²) in [5.74, 6) is 0.593. The monoisotopic (exact) mass is 240 g/mol. The largest absolute Gasteiger partial charge is 0.510 e. The summed E-state index contributed by atoms with van der Waals surface area (Å²) in [7, 11) is 0. The lowest BCUT2D eigenvalue weighted by atomic mass is 9.98. The maximum Gasteiger partial charge on any atom is 0.510 e. The molecule has 0 saturated heterocycles. The molecule has 0 radical (unpaired) electrons. The van der Waals surface area contributed by atoms with Crippen molar-refractivity contribution in [2.45, 2.75) is 51.9 Å². The number of hydrogen-bond donors (Lipinski definition) is 0. The molecule has 17 heavy (non-hydrogen) atoms. The molecule has 0 amide bonds. The van der Waals surface area contributed by atoms with Crippen LogP contribution in [-0.2, 0) is 16.2 Å². The smallest absolute Gasteiger partial charge is 0.431 e. The Labute approximate surface area is 99.1 Å². The minimum Gasteiger partial charge on any atom is -0.431 e. The third kappa shape index (κ3) is 3.40. The first-order valence-corrected chi connectivity index (χ1v) is 5.82. The first-order chi connectivity index (χ1) is 8.25. The van der Waals surface area contributed by atoms with Crippen LogP contribution in [0.15, 0.2) is 0 Å². The van der Waals surface area contributed by atoms with E-state index < -0.39 is 6.16 Å². The molecule has 0 spiro atoms. The number of tetrazole rings is 1. The molecule has 0 aromatic carbocycles. The zero-order valence-corrected chi connectivity index (χ0v) is 9.83. The molecule has 1 aromatic rings.